The quantitative estimate of drug-likeness (QED) is 0.107. The van der Waals surface area contributed by atoms with Gasteiger partial charge < -0.3 is 14.0 Å². The molecule has 0 aliphatic carbocycles. The van der Waals surface area contributed by atoms with Crippen LogP contribution in [0.3, 0.4) is 0 Å². The molecule has 0 amide bonds. The van der Waals surface area contributed by atoms with Crippen molar-refractivity contribution < 1.29 is 24.5 Å². The molecule has 3 heterocycles. The number of hydrogen-bond acceptors (Lipinski definition) is 3. The monoisotopic (exact) mass is 1030 g/mol. The molecule has 7 aromatic carbocycles. The van der Waals surface area contributed by atoms with E-state index >= 15 is 0 Å². The van der Waals surface area contributed by atoms with Crippen LogP contribution in [0.15, 0.2) is 174 Å². The molecule has 4 nitrogen and oxygen atoms in total. The molecule has 3 aromatic heterocycles. The van der Waals surface area contributed by atoms with E-state index in [4.69, 9.17) is 9.40 Å². The standard InChI is InChI=1S/C40H29N2O.C18H24NSi.Ir/c1-26(2)29-20-21-30-24-38-34(23-31(30)22-29)35(25-43-38)40-41-36-18-9-10-19-37(36)42(40)39-32(27-12-5-3-6-13-27)16-11-17-33(39)28-14-7-4-8-15-28;1-14(2)11-16-12-17(15-9-7-6-8-10-15)19-13-18(16)20(3,4)5;/h3-24,26H,1-2H3;6-9,12-14H,11H2,1-5H3;/q2*-1;. The zero-order valence-corrected chi connectivity index (χ0v) is 41.0. The summed E-state index contributed by atoms with van der Waals surface area (Å²) >= 11 is 0. The molecule has 0 saturated carbocycles. The average Bonchev–Trinajstić information content (AvgIpc) is 3.89. The minimum atomic E-state index is -1.34. The molecule has 6 heteroatoms. The van der Waals surface area contributed by atoms with Gasteiger partial charge in [-0.05, 0) is 68.7 Å². The number of para-hydroxylation sites is 3. The van der Waals surface area contributed by atoms with E-state index in [1.165, 1.54) is 21.7 Å². The van der Waals surface area contributed by atoms with Gasteiger partial charge >= 0.3 is 0 Å². The van der Waals surface area contributed by atoms with Crippen molar-refractivity contribution >= 4 is 46.0 Å². The van der Waals surface area contributed by atoms with Crippen LogP contribution in [0, 0.1) is 18.2 Å². The number of fused-ring (bicyclic) bond motifs is 3. The second kappa shape index (κ2) is 18.9. The van der Waals surface area contributed by atoms with Crippen LogP contribution < -0.4 is 5.19 Å². The van der Waals surface area contributed by atoms with Crippen molar-refractivity contribution in [3.63, 3.8) is 0 Å². The fraction of sp³-hybridized carbons (Fsp3) is 0.172. The average molecular weight is 1030 g/mol. The summed E-state index contributed by atoms with van der Waals surface area (Å²) in [7, 11) is -1.34. The summed E-state index contributed by atoms with van der Waals surface area (Å²) in [6.45, 7) is 16.2. The van der Waals surface area contributed by atoms with E-state index in [0.29, 0.717) is 11.8 Å². The number of nitrogens with zero attached hydrogens (tertiary/aromatic N) is 3. The smallest absolute Gasteiger partial charge is 0.0798 e. The molecule has 321 valence electrons. The molecule has 0 fully saturated rings. The Morgan fingerprint density at radius 3 is 1.98 bits per heavy atom. The van der Waals surface area contributed by atoms with Crippen LogP contribution in [-0.4, -0.2) is 22.6 Å². The van der Waals surface area contributed by atoms with Crippen LogP contribution >= 0.6 is 0 Å². The van der Waals surface area contributed by atoms with Gasteiger partial charge in [0, 0.05) is 49.3 Å². The Morgan fingerprint density at radius 1 is 0.672 bits per heavy atom. The van der Waals surface area contributed by atoms with E-state index in [0.717, 1.165) is 84.4 Å². The predicted molar refractivity (Wildman–Crippen MR) is 268 cm³/mol. The second-order valence-corrected chi connectivity index (χ2v) is 23.3. The maximum Gasteiger partial charge on any atom is 0.0798 e. The van der Waals surface area contributed by atoms with Crippen LogP contribution in [0.4, 0.5) is 0 Å². The predicted octanol–water partition coefficient (Wildman–Crippen LogP) is 15.1. The van der Waals surface area contributed by atoms with Crippen LogP contribution in [0.5, 0.6) is 0 Å². The fourth-order valence-corrected chi connectivity index (χ4v) is 10.2. The minimum Gasteiger partial charge on any atom is -0.557 e. The maximum atomic E-state index is 6.13. The summed E-state index contributed by atoms with van der Waals surface area (Å²) in [5.41, 5.74) is 14.2. The topological polar surface area (TPSA) is 43.9 Å². The molecule has 0 aliphatic heterocycles. The Morgan fingerprint density at radius 2 is 1.34 bits per heavy atom. The largest absolute Gasteiger partial charge is 0.557 e. The van der Waals surface area contributed by atoms with Crippen molar-refractivity contribution in [2.75, 3.05) is 0 Å². The van der Waals surface area contributed by atoms with E-state index < -0.39 is 8.07 Å². The first-order valence-electron chi connectivity index (χ1n) is 22.1. The number of hydrogen-bond donors (Lipinski definition) is 0. The first-order valence-corrected chi connectivity index (χ1v) is 25.6. The summed E-state index contributed by atoms with van der Waals surface area (Å²) in [6, 6.07) is 60.7. The van der Waals surface area contributed by atoms with E-state index in [1.807, 2.05) is 24.3 Å². The number of pyridine rings is 1. The molecule has 10 aromatic rings. The molecule has 10 rings (SSSR count). The van der Waals surface area contributed by atoms with Crippen molar-refractivity contribution in [1.82, 2.24) is 14.5 Å². The van der Waals surface area contributed by atoms with Gasteiger partial charge in [0.05, 0.1) is 30.6 Å². The van der Waals surface area contributed by atoms with Crippen LogP contribution in [0.25, 0.3) is 83.4 Å². The molecule has 0 unspecified atom stereocenters. The van der Waals surface area contributed by atoms with Gasteiger partial charge in [0.25, 0.3) is 0 Å². The maximum absolute atomic E-state index is 6.13. The molecular formula is C58H53IrN3OSi-2. The Labute approximate surface area is 392 Å². The summed E-state index contributed by atoms with van der Waals surface area (Å²) in [6.07, 6.45) is 6.51. The minimum absolute atomic E-state index is 0. The van der Waals surface area contributed by atoms with Crippen molar-refractivity contribution in [2.24, 2.45) is 5.92 Å². The zero-order chi connectivity index (χ0) is 43.7. The fourth-order valence-electron chi connectivity index (χ4n) is 8.65. The molecule has 0 bridgehead atoms. The van der Waals surface area contributed by atoms with E-state index in [-0.39, 0.29) is 20.1 Å². The number of aromatic nitrogens is 3. The van der Waals surface area contributed by atoms with E-state index in [1.54, 1.807) is 0 Å². The Hall–Kier alpha value is -6.17. The normalized spacial score (nSPS) is 11.6. The van der Waals surface area contributed by atoms with Crippen LogP contribution in [0.1, 0.15) is 44.7 Å². The summed E-state index contributed by atoms with van der Waals surface area (Å²) in [4.78, 5) is 9.94. The molecule has 64 heavy (non-hydrogen) atoms. The van der Waals surface area contributed by atoms with Crippen molar-refractivity contribution in [2.45, 2.75) is 59.7 Å². The third-order valence-electron chi connectivity index (χ3n) is 11.8. The molecule has 0 saturated heterocycles. The zero-order valence-electron chi connectivity index (χ0n) is 37.6. The second-order valence-electron chi connectivity index (χ2n) is 18.2. The Balaban J connectivity index is 0.000000225. The van der Waals surface area contributed by atoms with Gasteiger partial charge in [-0.25, -0.2) is 0 Å². The van der Waals surface area contributed by atoms with Crippen molar-refractivity contribution in [1.29, 1.82) is 0 Å². The molecule has 0 atom stereocenters. The van der Waals surface area contributed by atoms with Gasteiger partial charge in [0.15, 0.2) is 0 Å². The third-order valence-corrected chi connectivity index (χ3v) is 13.9. The third kappa shape index (κ3) is 9.10. The Bertz CT molecular complexity index is 3120. The van der Waals surface area contributed by atoms with E-state index in [9.17, 15) is 0 Å². The van der Waals surface area contributed by atoms with Crippen LogP contribution in [0.2, 0.25) is 19.6 Å². The number of benzene rings is 7. The number of rotatable bonds is 9. The first-order chi connectivity index (χ1) is 30.5. The van der Waals surface area contributed by atoms with Gasteiger partial charge in [-0.3, -0.25) is 4.98 Å². The molecule has 1 radical (unpaired) electrons. The molecule has 0 N–H and O–H groups in total. The summed E-state index contributed by atoms with van der Waals surface area (Å²) < 4.78 is 8.43. The first kappa shape index (κ1) is 44.4. The van der Waals surface area contributed by atoms with Gasteiger partial charge in [0.1, 0.15) is 0 Å². The SMILES string of the molecule is CC(C)Cc1cc(-c2[c-]cccc2)ncc1[Si](C)(C)C.CC(C)c1ccc2cc3o[c-]c(-c4nc5ccccc5n4-c4c(-c5ccccc5)cccc4-c4ccccc4)c3cc2c1.[Ir]. The van der Waals surface area contributed by atoms with Gasteiger partial charge in [-0.2, -0.15) is 0 Å². The van der Waals surface area contributed by atoms with Gasteiger partial charge in [0.2, 0.25) is 0 Å². The van der Waals surface area contributed by atoms with Crippen molar-refractivity contribution in [3.8, 4) is 50.6 Å². The van der Waals surface area contributed by atoms with Crippen LogP contribution in [-0.2, 0) is 26.5 Å². The van der Waals surface area contributed by atoms with Crippen molar-refractivity contribution in [3.05, 3.63) is 193 Å². The summed E-state index contributed by atoms with van der Waals surface area (Å²) in [5, 5.41) is 4.84. The van der Waals surface area contributed by atoms with Gasteiger partial charge in [-0.15, -0.1) is 35.9 Å². The number of furan rings is 1. The molecular weight excluding hydrogens is 975 g/mol. The molecule has 0 spiro atoms. The van der Waals surface area contributed by atoms with Gasteiger partial charge in [-0.1, -0.05) is 191 Å². The van der Waals surface area contributed by atoms with E-state index in [2.05, 4.69) is 215 Å². The Kier molecular flexibility index (Phi) is 13.1. The molecule has 0 aliphatic rings. The number of imidazole rings is 1. The summed E-state index contributed by atoms with van der Waals surface area (Å²) in [5.74, 6) is 1.92.